The van der Waals surface area contributed by atoms with E-state index in [4.69, 9.17) is 15.3 Å². The molecule has 0 atom stereocenters. The Hall–Kier alpha value is -4.01. The molecule has 0 radical (unpaired) electrons. The predicted molar refractivity (Wildman–Crippen MR) is 118 cm³/mol. The Morgan fingerprint density at radius 1 is 0.844 bits per heavy atom. The summed E-state index contributed by atoms with van der Waals surface area (Å²) in [6.45, 7) is 1.24. The van der Waals surface area contributed by atoms with Crippen LogP contribution in [0.25, 0.3) is 10.9 Å². The molecule has 0 bridgehead atoms. The van der Waals surface area contributed by atoms with E-state index in [-0.39, 0.29) is 24.6 Å². The molecule has 3 aromatic rings. The molecule has 9 nitrogen and oxygen atoms in total. The Morgan fingerprint density at radius 3 is 2.06 bits per heavy atom. The topological polar surface area (TPSA) is 107 Å². The zero-order valence-electron chi connectivity index (χ0n) is 17.9. The maximum Gasteiger partial charge on any atom is 0.295 e. The lowest BCUT2D eigenvalue weighted by atomic mass is 10.1. The number of fused-ring (bicyclic) bond motifs is 1. The lowest BCUT2D eigenvalue weighted by molar-refractivity contribution is -0.127. The van der Waals surface area contributed by atoms with E-state index in [0.29, 0.717) is 41.1 Å². The third-order valence-electron chi connectivity index (χ3n) is 5.65. The number of nitrogens with zero attached hydrogens (tertiary/aromatic N) is 3. The number of ether oxygens (including phenoxy) is 2. The maximum atomic E-state index is 13.1. The average molecular weight is 436 g/mol. The zero-order chi connectivity index (χ0) is 22.8. The van der Waals surface area contributed by atoms with Crippen LogP contribution in [0, 0.1) is 0 Å². The van der Waals surface area contributed by atoms with E-state index in [1.54, 1.807) is 29.2 Å². The fraction of sp³-hybridized carbons (Fsp3) is 0.261. The molecule has 2 amide bonds. The second-order valence-electron chi connectivity index (χ2n) is 7.42. The summed E-state index contributed by atoms with van der Waals surface area (Å²) in [5.41, 5.74) is 1.20. The van der Waals surface area contributed by atoms with E-state index < -0.39 is 11.7 Å². The molecular formula is C23H24N4O5. The molecule has 0 saturated carbocycles. The summed E-state index contributed by atoms with van der Waals surface area (Å²) in [5, 5.41) is 0.422. The van der Waals surface area contributed by atoms with Crippen molar-refractivity contribution in [2.24, 2.45) is 0 Å². The molecule has 2 heterocycles. The number of benzene rings is 2. The molecule has 0 spiro atoms. The molecule has 1 aliphatic heterocycles. The van der Waals surface area contributed by atoms with Crippen molar-refractivity contribution in [3.05, 3.63) is 59.8 Å². The number of ketones is 1. The molecule has 1 fully saturated rings. The second kappa shape index (κ2) is 8.62. The Balaban J connectivity index is 1.53. The van der Waals surface area contributed by atoms with Crippen molar-refractivity contribution in [3.8, 4) is 11.5 Å². The molecule has 1 aliphatic rings. The molecule has 1 aromatic heterocycles. The van der Waals surface area contributed by atoms with Crippen LogP contribution >= 0.6 is 0 Å². The van der Waals surface area contributed by atoms with Gasteiger partial charge in [0.05, 0.1) is 25.2 Å². The number of hydrogen-bond donors (Lipinski definition) is 1. The number of nitrogen functional groups attached to an aromatic ring is 1. The zero-order valence-corrected chi connectivity index (χ0v) is 17.9. The van der Waals surface area contributed by atoms with Gasteiger partial charge >= 0.3 is 0 Å². The largest absolute Gasteiger partial charge is 0.496 e. The van der Waals surface area contributed by atoms with Crippen molar-refractivity contribution < 1.29 is 23.9 Å². The molecule has 32 heavy (non-hydrogen) atoms. The predicted octanol–water partition coefficient (Wildman–Crippen LogP) is 1.54. The number of piperazine rings is 1. The molecule has 0 aliphatic carbocycles. The molecular weight excluding hydrogens is 412 g/mol. The minimum absolute atomic E-state index is 0.0907. The Kier molecular flexibility index (Phi) is 5.72. The first-order chi connectivity index (χ1) is 15.5. The number of hydrogen-bond acceptors (Lipinski definition) is 6. The van der Waals surface area contributed by atoms with Crippen molar-refractivity contribution in [1.29, 1.82) is 0 Å². The van der Waals surface area contributed by atoms with E-state index in [1.165, 1.54) is 30.0 Å². The molecule has 4 rings (SSSR count). The van der Waals surface area contributed by atoms with Gasteiger partial charge in [-0.15, -0.1) is 0 Å². The van der Waals surface area contributed by atoms with Gasteiger partial charge in [-0.25, -0.2) is 0 Å². The number of carbonyl (C=O) groups is 3. The first-order valence-corrected chi connectivity index (χ1v) is 10.1. The Bertz CT molecular complexity index is 1180. The summed E-state index contributed by atoms with van der Waals surface area (Å²) >= 11 is 0. The summed E-state index contributed by atoms with van der Waals surface area (Å²) in [5.74, 6) is 5.52. The van der Waals surface area contributed by atoms with Crippen LogP contribution in [0.5, 0.6) is 11.5 Å². The summed E-state index contributed by atoms with van der Waals surface area (Å²) in [7, 11) is 2.98. The molecule has 2 N–H and O–H groups in total. The quantitative estimate of drug-likeness (QED) is 0.369. The minimum Gasteiger partial charge on any atom is -0.496 e. The first-order valence-electron chi connectivity index (χ1n) is 10.1. The molecule has 9 heteroatoms. The van der Waals surface area contributed by atoms with E-state index in [1.807, 2.05) is 18.2 Å². The Labute approximate surface area is 184 Å². The normalized spacial score (nSPS) is 13.8. The number of aromatic nitrogens is 1. The number of methoxy groups -OCH3 is 2. The lowest BCUT2D eigenvalue weighted by Crippen LogP contribution is -2.52. The summed E-state index contributed by atoms with van der Waals surface area (Å²) < 4.78 is 12.0. The maximum absolute atomic E-state index is 13.1. The summed E-state index contributed by atoms with van der Waals surface area (Å²) in [6.07, 6.45) is 1.41. The van der Waals surface area contributed by atoms with E-state index in [2.05, 4.69) is 0 Å². The van der Waals surface area contributed by atoms with Crippen molar-refractivity contribution >= 4 is 28.5 Å². The van der Waals surface area contributed by atoms with Gasteiger partial charge in [-0.2, -0.15) is 0 Å². The van der Waals surface area contributed by atoms with Crippen LogP contribution in [-0.4, -0.2) is 72.5 Å². The third-order valence-corrected chi connectivity index (χ3v) is 5.65. The standard InChI is InChI=1S/C23H24N4O5/c1-31-17-8-9-18(32-2)20-19(17)16(14-27(20)24)21(28)23(30)26-12-10-25(11-13-26)22(29)15-6-4-3-5-7-15/h3-9,14H,10-13,24H2,1-2H3. The van der Waals surface area contributed by atoms with Gasteiger partial charge in [0.25, 0.3) is 17.6 Å². The summed E-state index contributed by atoms with van der Waals surface area (Å²) in [6, 6.07) is 12.3. The third kappa shape index (κ3) is 3.62. The van der Waals surface area contributed by atoms with Gasteiger partial charge in [-0.05, 0) is 24.3 Å². The Morgan fingerprint density at radius 2 is 1.44 bits per heavy atom. The van der Waals surface area contributed by atoms with Gasteiger partial charge in [0.1, 0.15) is 17.0 Å². The number of carbonyl (C=O) groups excluding carboxylic acids is 3. The van der Waals surface area contributed by atoms with Gasteiger partial charge in [0, 0.05) is 37.9 Å². The highest BCUT2D eigenvalue weighted by atomic mass is 16.5. The number of nitrogens with two attached hydrogens (primary N) is 1. The highest BCUT2D eigenvalue weighted by molar-refractivity contribution is 6.45. The summed E-state index contributed by atoms with van der Waals surface area (Å²) in [4.78, 5) is 41.9. The average Bonchev–Trinajstić information content (AvgIpc) is 3.20. The van der Waals surface area contributed by atoms with Crippen LogP contribution in [0.2, 0.25) is 0 Å². The van der Waals surface area contributed by atoms with Crippen LogP contribution in [0.3, 0.4) is 0 Å². The van der Waals surface area contributed by atoms with Gasteiger partial charge in [0.15, 0.2) is 0 Å². The highest BCUT2D eigenvalue weighted by Crippen LogP contribution is 2.36. The van der Waals surface area contributed by atoms with Crippen LogP contribution < -0.4 is 15.3 Å². The van der Waals surface area contributed by atoms with Gasteiger partial charge in [0.2, 0.25) is 0 Å². The van der Waals surface area contributed by atoms with Crippen LogP contribution in [0.4, 0.5) is 0 Å². The molecule has 166 valence electrons. The van der Waals surface area contributed by atoms with E-state index in [9.17, 15) is 14.4 Å². The number of rotatable bonds is 5. The van der Waals surface area contributed by atoms with Crippen molar-refractivity contribution in [2.45, 2.75) is 0 Å². The van der Waals surface area contributed by atoms with Gasteiger partial charge in [-0.3, -0.25) is 19.1 Å². The highest BCUT2D eigenvalue weighted by Gasteiger charge is 2.31. The minimum atomic E-state index is -0.686. The van der Waals surface area contributed by atoms with E-state index >= 15 is 0 Å². The smallest absolute Gasteiger partial charge is 0.295 e. The monoisotopic (exact) mass is 436 g/mol. The second-order valence-corrected chi connectivity index (χ2v) is 7.42. The van der Waals surface area contributed by atoms with Crippen LogP contribution in [-0.2, 0) is 4.79 Å². The van der Waals surface area contributed by atoms with Gasteiger partial charge in [-0.1, -0.05) is 18.2 Å². The first kappa shape index (κ1) is 21.2. The van der Waals surface area contributed by atoms with Crippen molar-refractivity contribution in [1.82, 2.24) is 14.5 Å². The van der Waals surface area contributed by atoms with Crippen molar-refractivity contribution in [2.75, 3.05) is 46.2 Å². The number of amides is 2. The molecule has 1 saturated heterocycles. The van der Waals surface area contributed by atoms with Gasteiger partial charge < -0.3 is 25.1 Å². The lowest BCUT2D eigenvalue weighted by Gasteiger charge is -2.34. The van der Waals surface area contributed by atoms with Crippen LogP contribution in [0.1, 0.15) is 20.7 Å². The van der Waals surface area contributed by atoms with Crippen molar-refractivity contribution in [3.63, 3.8) is 0 Å². The fourth-order valence-corrected chi connectivity index (χ4v) is 3.98. The SMILES string of the molecule is COc1ccc(OC)c2c1c(C(=O)C(=O)N1CCN(C(=O)c3ccccc3)CC1)cn2N. The number of Topliss-reactive ketones (excluding diaryl/α,β-unsaturated/α-hetero) is 1. The molecule has 0 unspecified atom stereocenters. The fourth-order valence-electron chi connectivity index (χ4n) is 3.98. The molecule has 2 aromatic carbocycles. The van der Waals surface area contributed by atoms with Crippen LogP contribution in [0.15, 0.2) is 48.7 Å². The van der Waals surface area contributed by atoms with E-state index in [0.717, 1.165) is 0 Å².